The molecule has 0 aliphatic carbocycles. The summed E-state index contributed by atoms with van der Waals surface area (Å²) in [4.78, 5) is 43.7. The van der Waals surface area contributed by atoms with Crippen molar-refractivity contribution in [3.63, 3.8) is 0 Å². The van der Waals surface area contributed by atoms with Gasteiger partial charge in [0.15, 0.2) is 5.78 Å². The van der Waals surface area contributed by atoms with E-state index in [0.29, 0.717) is 23.2 Å². The summed E-state index contributed by atoms with van der Waals surface area (Å²) < 4.78 is 34.2. The van der Waals surface area contributed by atoms with Gasteiger partial charge in [0.05, 0.1) is 30.0 Å². The highest BCUT2D eigenvalue weighted by molar-refractivity contribution is 6.30. The van der Waals surface area contributed by atoms with Crippen LogP contribution < -0.4 is 10.6 Å². The summed E-state index contributed by atoms with van der Waals surface area (Å²) in [7, 11) is 1.26. The van der Waals surface area contributed by atoms with E-state index in [2.05, 4.69) is 15.6 Å². The van der Waals surface area contributed by atoms with Gasteiger partial charge in [0, 0.05) is 36.6 Å². The van der Waals surface area contributed by atoms with Crippen molar-refractivity contribution >= 4 is 40.5 Å². The SMILES string of the molecule is CCCC=C(C(C)=O)c1ccncc1NCC(=O)N1C[C@H](F)[C@@H](OC)[C@H]1C(=O)NCc1cccc(Cl)c1F. The van der Waals surface area contributed by atoms with Gasteiger partial charge in [0.25, 0.3) is 0 Å². The van der Waals surface area contributed by atoms with Crippen molar-refractivity contribution in [1.82, 2.24) is 15.2 Å². The largest absolute Gasteiger partial charge is 0.376 e. The van der Waals surface area contributed by atoms with E-state index in [4.69, 9.17) is 16.3 Å². The predicted molar refractivity (Wildman–Crippen MR) is 141 cm³/mol. The standard InChI is InChI=1S/C27H31ClF2N4O4/c1-4-5-8-18(16(2)35)19-10-11-31-13-22(19)32-14-23(36)34-15-21(29)26(38-3)25(34)27(37)33-12-17-7-6-9-20(28)24(17)30/h6-11,13,21,25-26,32H,4-5,12,14-15H2,1-3H3,(H,33,37)/t21-,25-,26+/m0/s1. The van der Waals surface area contributed by atoms with Crippen LogP contribution in [0.4, 0.5) is 14.5 Å². The minimum atomic E-state index is -1.60. The number of Topliss-reactive ketones (excluding diaryl/α,β-unsaturated/α-hetero) is 1. The van der Waals surface area contributed by atoms with Gasteiger partial charge in [-0.25, -0.2) is 8.78 Å². The minimum Gasteiger partial charge on any atom is -0.376 e. The number of pyridine rings is 1. The number of anilines is 1. The van der Waals surface area contributed by atoms with Gasteiger partial charge in [-0.2, -0.15) is 0 Å². The molecule has 8 nitrogen and oxygen atoms in total. The smallest absolute Gasteiger partial charge is 0.245 e. The van der Waals surface area contributed by atoms with E-state index < -0.39 is 35.9 Å². The third-order valence-corrected chi connectivity index (χ3v) is 6.57. The number of rotatable bonds is 11. The molecule has 0 saturated carbocycles. The summed E-state index contributed by atoms with van der Waals surface area (Å²) in [6, 6.07) is 4.80. The summed E-state index contributed by atoms with van der Waals surface area (Å²) in [5, 5.41) is 5.44. The lowest BCUT2D eigenvalue weighted by atomic mass is 10.0. The first-order valence-electron chi connectivity index (χ1n) is 12.3. The summed E-state index contributed by atoms with van der Waals surface area (Å²) >= 11 is 5.80. The molecule has 0 radical (unpaired) electrons. The first-order chi connectivity index (χ1) is 18.2. The van der Waals surface area contributed by atoms with Gasteiger partial charge in [-0.1, -0.05) is 43.2 Å². The molecule has 2 amide bonds. The Hall–Kier alpha value is -3.37. The summed E-state index contributed by atoms with van der Waals surface area (Å²) in [6.07, 6.45) is 3.65. The van der Waals surface area contributed by atoms with Crippen molar-refractivity contribution < 1.29 is 27.9 Å². The van der Waals surface area contributed by atoms with E-state index in [1.165, 1.54) is 32.4 Å². The molecule has 1 aliphatic heterocycles. The molecule has 0 spiro atoms. The van der Waals surface area contributed by atoms with E-state index in [1.54, 1.807) is 18.3 Å². The van der Waals surface area contributed by atoms with Gasteiger partial charge in [-0.15, -0.1) is 0 Å². The van der Waals surface area contributed by atoms with Crippen molar-refractivity contribution in [3.05, 3.63) is 64.7 Å². The van der Waals surface area contributed by atoms with E-state index in [9.17, 15) is 23.2 Å². The molecule has 0 unspecified atom stereocenters. The lowest BCUT2D eigenvalue weighted by Gasteiger charge is -2.26. The van der Waals surface area contributed by atoms with Crippen LogP contribution in [0.5, 0.6) is 0 Å². The second-order valence-electron chi connectivity index (χ2n) is 8.88. The molecule has 1 aromatic heterocycles. The zero-order valence-corrected chi connectivity index (χ0v) is 22.2. The van der Waals surface area contributed by atoms with Gasteiger partial charge in [0.1, 0.15) is 24.1 Å². The Morgan fingerprint density at radius 3 is 2.74 bits per heavy atom. The van der Waals surface area contributed by atoms with Crippen molar-refractivity contribution in [2.24, 2.45) is 0 Å². The number of unbranched alkanes of at least 4 members (excludes halogenated alkanes) is 1. The molecule has 3 rings (SSSR count). The third kappa shape index (κ3) is 6.73. The Bertz CT molecular complexity index is 1210. The van der Waals surface area contributed by atoms with Crippen LogP contribution in [0.25, 0.3) is 5.57 Å². The Labute approximate surface area is 225 Å². The van der Waals surface area contributed by atoms with Gasteiger partial charge in [0.2, 0.25) is 11.8 Å². The second kappa shape index (κ2) is 13.4. The van der Waals surface area contributed by atoms with Crippen LogP contribution in [0, 0.1) is 5.82 Å². The predicted octanol–water partition coefficient (Wildman–Crippen LogP) is 3.94. The number of methoxy groups -OCH3 is 1. The van der Waals surface area contributed by atoms with Gasteiger partial charge in [-0.3, -0.25) is 19.4 Å². The number of likely N-dealkylation sites (tertiary alicyclic amines) is 1. The number of ether oxygens (including phenoxy) is 1. The number of allylic oxidation sites excluding steroid dienone is 2. The fraction of sp³-hybridized carbons (Fsp3) is 0.407. The fourth-order valence-corrected chi connectivity index (χ4v) is 4.55. The van der Waals surface area contributed by atoms with Crippen molar-refractivity contribution in [3.8, 4) is 0 Å². The number of hydrogen-bond donors (Lipinski definition) is 2. The minimum absolute atomic E-state index is 0.0914. The van der Waals surface area contributed by atoms with Crippen LogP contribution in [0.2, 0.25) is 5.02 Å². The van der Waals surface area contributed by atoms with Crippen LogP contribution in [-0.2, 0) is 25.7 Å². The molecule has 1 saturated heterocycles. The second-order valence-corrected chi connectivity index (χ2v) is 9.28. The number of halogens is 3. The maximum absolute atomic E-state index is 14.8. The molecule has 2 aromatic rings. The quantitative estimate of drug-likeness (QED) is 0.413. The number of hydrogen-bond acceptors (Lipinski definition) is 6. The highest BCUT2D eigenvalue weighted by Gasteiger charge is 2.48. The molecule has 2 N–H and O–H groups in total. The Morgan fingerprint density at radius 1 is 1.29 bits per heavy atom. The Balaban J connectivity index is 1.75. The topological polar surface area (TPSA) is 101 Å². The van der Waals surface area contributed by atoms with Crippen LogP contribution in [0.15, 0.2) is 42.7 Å². The Kier molecular flexibility index (Phi) is 10.3. The van der Waals surface area contributed by atoms with Crippen LogP contribution in [0.1, 0.15) is 37.8 Å². The molecule has 1 fully saturated rings. The average molecular weight is 549 g/mol. The molecule has 38 heavy (non-hydrogen) atoms. The number of amides is 2. The molecular weight excluding hydrogens is 518 g/mol. The van der Waals surface area contributed by atoms with Crippen molar-refractivity contribution in [1.29, 1.82) is 0 Å². The summed E-state index contributed by atoms with van der Waals surface area (Å²) in [5.74, 6) is -2.05. The normalized spacial score (nSPS) is 19.4. The van der Waals surface area contributed by atoms with E-state index in [0.717, 1.165) is 11.3 Å². The maximum atomic E-state index is 14.8. The number of nitrogens with one attached hydrogen (secondary N) is 2. The number of ketones is 1. The number of nitrogens with zero attached hydrogens (tertiary/aromatic N) is 2. The monoisotopic (exact) mass is 548 g/mol. The molecule has 11 heteroatoms. The highest BCUT2D eigenvalue weighted by atomic mass is 35.5. The maximum Gasteiger partial charge on any atom is 0.245 e. The molecule has 0 bridgehead atoms. The Morgan fingerprint density at radius 2 is 2.05 bits per heavy atom. The number of carbonyl (C=O) groups excluding carboxylic acids is 3. The van der Waals surface area contributed by atoms with Crippen LogP contribution in [0.3, 0.4) is 0 Å². The molecule has 2 heterocycles. The lowest BCUT2D eigenvalue weighted by Crippen LogP contribution is -2.52. The number of alkyl halides is 1. The molecular formula is C27H31ClF2N4O4. The number of aromatic nitrogens is 1. The third-order valence-electron chi connectivity index (χ3n) is 6.28. The number of carbonyl (C=O) groups is 3. The van der Waals surface area contributed by atoms with Crippen LogP contribution in [-0.4, -0.2) is 66.0 Å². The zero-order chi connectivity index (χ0) is 27.8. The van der Waals surface area contributed by atoms with Crippen LogP contribution >= 0.6 is 11.6 Å². The molecule has 204 valence electrons. The van der Waals surface area contributed by atoms with Gasteiger partial charge in [-0.05, 0) is 25.5 Å². The molecule has 1 aliphatic rings. The molecule has 3 atom stereocenters. The first-order valence-corrected chi connectivity index (χ1v) is 12.6. The summed E-state index contributed by atoms with van der Waals surface area (Å²) in [6.45, 7) is 2.63. The van der Waals surface area contributed by atoms with E-state index in [1.807, 2.05) is 13.0 Å². The molecule has 1 aromatic carbocycles. The fourth-order valence-electron chi connectivity index (χ4n) is 4.35. The first kappa shape index (κ1) is 29.2. The number of benzene rings is 1. The van der Waals surface area contributed by atoms with E-state index >= 15 is 0 Å². The van der Waals surface area contributed by atoms with Crippen molar-refractivity contribution in [2.75, 3.05) is 25.5 Å². The average Bonchev–Trinajstić information content (AvgIpc) is 3.24. The van der Waals surface area contributed by atoms with E-state index in [-0.39, 0.29) is 36.0 Å². The van der Waals surface area contributed by atoms with Gasteiger partial charge < -0.3 is 20.3 Å². The lowest BCUT2D eigenvalue weighted by molar-refractivity contribution is -0.140. The van der Waals surface area contributed by atoms with Crippen molar-refractivity contribution in [2.45, 2.75) is 51.6 Å². The zero-order valence-electron chi connectivity index (χ0n) is 21.5. The highest BCUT2D eigenvalue weighted by Crippen LogP contribution is 2.27. The van der Waals surface area contributed by atoms with Gasteiger partial charge >= 0.3 is 0 Å². The summed E-state index contributed by atoms with van der Waals surface area (Å²) in [5.41, 5.74) is 1.69.